The molecule has 3 atom stereocenters. The number of amides is 1. The summed E-state index contributed by atoms with van der Waals surface area (Å²) in [6.07, 6.45) is 1.08. The molecule has 5 rings (SSSR count). The fourth-order valence-corrected chi connectivity index (χ4v) is 6.24. The van der Waals surface area contributed by atoms with Gasteiger partial charge >= 0.3 is 0 Å². The molecule has 6 nitrogen and oxygen atoms in total. The standard InChI is InChI=1S/C25H26F4N2O4S/c1-2-36(33,34)30-23-20(31(13-25(23)4-5-25)24(32)21-3-6-35-21)10-15-9-18(28)12-19(22(15)29)14-7-16(26)11-17(27)8-14/h7-9,11-12,20-21,23,30H,2-6,10,13H2,1H3/t20-,21+,23+/m0/s1. The fourth-order valence-electron chi connectivity index (χ4n) is 5.28. The van der Waals surface area contributed by atoms with Gasteiger partial charge in [-0.15, -0.1) is 0 Å². The summed E-state index contributed by atoms with van der Waals surface area (Å²) in [5.74, 6) is -4.06. The lowest BCUT2D eigenvalue weighted by Crippen LogP contribution is -2.53. The molecule has 36 heavy (non-hydrogen) atoms. The van der Waals surface area contributed by atoms with Crippen LogP contribution >= 0.6 is 0 Å². The van der Waals surface area contributed by atoms with Gasteiger partial charge in [-0.3, -0.25) is 4.79 Å². The highest BCUT2D eigenvalue weighted by Crippen LogP contribution is 2.56. The molecule has 2 aromatic rings. The van der Waals surface area contributed by atoms with Gasteiger partial charge in [-0.05, 0) is 61.6 Å². The van der Waals surface area contributed by atoms with Crippen LogP contribution in [-0.4, -0.2) is 56.3 Å². The van der Waals surface area contributed by atoms with E-state index < -0.39 is 56.9 Å². The van der Waals surface area contributed by atoms with Gasteiger partial charge in [-0.25, -0.2) is 30.7 Å². The molecule has 1 spiro atoms. The molecule has 2 aromatic carbocycles. The third-order valence-corrected chi connectivity index (χ3v) is 8.85. The highest BCUT2D eigenvalue weighted by molar-refractivity contribution is 7.89. The lowest BCUT2D eigenvalue weighted by molar-refractivity contribution is -0.157. The first-order chi connectivity index (χ1) is 17.0. The quantitative estimate of drug-likeness (QED) is 0.560. The molecule has 1 amide bonds. The van der Waals surface area contributed by atoms with Crippen LogP contribution in [0.25, 0.3) is 11.1 Å². The van der Waals surface area contributed by atoms with E-state index in [0.717, 1.165) is 24.3 Å². The van der Waals surface area contributed by atoms with Gasteiger partial charge in [0.15, 0.2) is 0 Å². The highest BCUT2D eigenvalue weighted by atomic mass is 32.2. The summed E-state index contributed by atoms with van der Waals surface area (Å²) < 4.78 is 91.0. The van der Waals surface area contributed by atoms with Crippen molar-refractivity contribution in [1.29, 1.82) is 0 Å². The van der Waals surface area contributed by atoms with Gasteiger partial charge < -0.3 is 9.64 Å². The number of hydrogen-bond acceptors (Lipinski definition) is 4. The van der Waals surface area contributed by atoms with E-state index in [9.17, 15) is 26.4 Å². The summed E-state index contributed by atoms with van der Waals surface area (Å²) in [5.41, 5.74) is -1.10. The minimum atomic E-state index is -3.67. The number of rotatable bonds is 7. The zero-order chi connectivity index (χ0) is 25.8. The van der Waals surface area contributed by atoms with Crippen molar-refractivity contribution >= 4 is 15.9 Å². The molecule has 3 aliphatic rings. The Morgan fingerprint density at radius 3 is 2.28 bits per heavy atom. The number of benzene rings is 2. The number of halogens is 4. The molecule has 1 saturated carbocycles. The summed E-state index contributed by atoms with van der Waals surface area (Å²) in [5, 5.41) is 0. The molecule has 2 heterocycles. The smallest absolute Gasteiger partial charge is 0.252 e. The first-order valence-corrected chi connectivity index (χ1v) is 13.5. The van der Waals surface area contributed by atoms with Crippen molar-refractivity contribution in [2.45, 2.75) is 50.8 Å². The van der Waals surface area contributed by atoms with Gasteiger partial charge in [0.2, 0.25) is 10.0 Å². The predicted octanol–water partition coefficient (Wildman–Crippen LogP) is 3.54. The Morgan fingerprint density at radius 2 is 1.72 bits per heavy atom. The number of ether oxygens (including phenoxy) is 1. The molecular formula is C25H26F4N2O4S. The number of likely N-dealkylation sites (tertiary alicyclic amines) is 1. The Balaban J connectivity index is 1.55. The first-order valence-electron chi connectivity index (χ1n) is 11.9. The van der Waals surface area contributed by atoms with Crippen LogP contribution in [0.2, 0.25) is 0 Å². The third-order valence-electron chi connectivity index (χ3n) is 7.48. The van der Waals surface area contributed by atoms with Crippen molar-refractivity contribution in [3.63, 3.8) is 0 Å². The largest absolute Gasteiger partial charge is 0.368 e. The monoisotopic (exact) mass is 526 g/mol. The van der Waals surface area contributed by atoms with Crippen molar-refractivity contribution < 1.29 is 35.5 Å². The minimum absolute atomic E-state index is 0.120. The second kappa shape index (κ2) is 9.11. The molecule has 1 aliphatic carbocycles. The molecule has 0 aromatic heterocycles. The van der Waals surface area contributed by atoms with Crippen molar-refractivity contribution in [3.05, 3.63) is 59.2 Å². The zero-order valence-electron chi connectivity index (χ0n) is 19.6. The molecule has 0 bridgehead atoms. The van der Waals surface area contributed by atoms with E-state index in [1.165, 1.54) is 11.8 Å². The van der Waals surface area contributed by atoms with Crippen molar-refractivity contribution in [2.24, 2.45) is 5.41 Å². The number of nitrogens with zero attached hydrogens (tertiary/aromatic N) is 1. The van der Waals surface area contributed by atoms with Crippen LogP contribution in [0.5, 0.6) is 0 Å². The Morgan fingerprint density at radius 1 is 1.08 bits per heavy atom. The third kappa shape index (κ3) is 4.64. The fraction of sp³-hybridized carbons (Fsp3) is 0.480. The molecular weight excluding hydrogens is 500 g/mol. The summed E-state index contributed by atoms with van der Waals surface area (Å²) in [7, 11) is -3.67. The van der Waals surface area contributed by atoms with Crippen LogP contribution in [0.4, 0.5) is 17.6 Å². The average molecular weight is 527 g/mol. The van der Waals surface area contributed by atoms with Crippen LogP contribution in [-0.2, 0) is 26.0 Å². The molecule has 11 heteroatoms. The molecule has 2 saturated heterocycles. The van der Waals surface area contributed by atoms with Crippen LogP contribution in [0.3, 0.4) is 0 Å². The second-order valence-corrected chi connectivity index (χ2v) is 11.9. The molecule has 2 aliphatic heterocycles. The average Bonchev–Trinajstić information content (AvgIpc) is 3.49. The summed E-state index contributed by atoms with van der Waals surface area (Å²) >= 11 is 0. The molecule has 3 fully saturated rings. The highest BCUT2D eigenvalue weighted by Gasteiger charge is 2.62. The van der Waals surface area contributed by atoms with Gasteiger partial charge in [-0.1, -0.05) is 0 Å². The lowest BCUT2D eigenvalue weighted by atomic mass is 9.91. The van der Waals surface area contributed by atoms with Gasteiger partial charge in [0.25, 0.3) is 5.91 Å². The van der Waals surface area contributed by atoms with Gasteiger partial charge in [0, 0.05) is 36.1 Å². The molecule has 1 N–H and O–H groups in total. The van der Waals surface area contributed by atoms with Gasteiger partial charge in [0.1, 0.15) is 29.4 Å². The first kappa shape index (κ1) is 25.2. The summed E-state index contributed by atoms with van der Waals surface area (Å²) in [6.45, 7) is 2.22. The van der Waals surface area contributed by atoms with Crippen LogP contribution < -0.4 is 4.72 Å². The maximum Gasteiger partial charge on any atom is 0.252 e. The lowest BCUT2D eigenvalue weighted by Gasteiger charge is -2.34. The van der Waals surface area contributed by atoms with E-state index in [0.29, 0.717) is 31.9 Å². The van der Waals surface area contributed by atoms with Gasteiger partial charge in [0.05, 0.1) is 18.4 Å². The van der Waals surface area contributed by atoms with Crippen LogP contribution in [0.1, 0.15) is 31.7 Å². The number of sulfonamides is 1. The normalized spacial score (nSPS) is 24.7. The zero-order valence-corrected chi connectivity index (χ0v) is 20.4. The second-order valence-electron chi connectivity index (χ2n) is 9.83. The van der Waals surface area contributed by atoms with Crippen LogP contribution in [0, 0.1) is 28.7 Å². The van der Waals surface area contributed by atoms with E-state index in [-0.39, 0.29) is 41.3 Å². The Labute approximate surface area is 206 Å². The summed E-state index contributed by atoms with van der Waals surface area (Å²) in [6, 6.07) is 2.78. The Hall–Kier alpha value is -2.50. The topological polar surface area (TPSA) is 75.7 Å². The van der Waals surface area contributed by atoms with E-state index in [1.54, 1.807) is 0 Å². The van der Waals surface area contributed by atoms with E-state index in [2.05, 4.69) is 4.72 Å². The molecule has 0 unspecified atom stereocenters. The Kier molecular flexibility index (Phi) is 6.37. The van der Waals surface area contributed by atoms with Crippen molar-refractivity contribution in [3.8, 4) is 11.1 Å². The number of hydrogen-bond donors (Lipinski definition) is 1. The van der Waals surface area contributed by atoms with Crippen LogP contribution in [0.15, 0.2) is 30.3 Å². The maximum atomic E-state index is 15.7. The number of nitrogens with one attached hydrogen (secondary N) is 1. The van der Waals surface area contributed by atoms with E-state index >= 15 is 4.39 Å². The molecule has 0 radical (unpaired) electrons. The van der Waals surface area contributed by atoms with Crippen molar-refractivity contribution in [2.75, 3.05) is 18.9 Å². The summed E-state index contributed by atoms with van der Waals surface area (Å²) in [4.78, 5) is 14.7. The van der Waals surface area contributed by atoms with E-state index in [1.807, 2.05) is 0 Å². The number of carbonyl (C=O) groups is 1. The van der Waals surface area contributed by atoms with E-state index in [4.69, 9.17) is 4.74 Å². The minimum Gasteiger partial charge on any atom is -0.368 e. The molecule has 194 valence electrons. The van der Waals surface area contributed by atoms with Gasteiger partial charge in [-0.2, -0.15) is 0 Å². The number of carbonyl (C=O) groups excluding carboxylic acids is 1. The SMILES string of the molecule is CCS(=O)(=O)N[C@@H]1[C@H](Cc2cc(F)cc(-c3cc(F)cc(F)c3)c2F)N(C(=O)[C@H]2CCO2)CC12CC2. The van der Waals surface area contributed by atoms with Crippen molar-refractivity contribution in [1.82, 2.24) is 9.62 Å². The maximum absolute atomic E-state index is 15.7. The Bertz CT molecular complexity index is 1290. The predicted molar refractivity (Wildman–Crippen MR) is 123 cm³/mol.